The van der Waals surface area contributed by atoms with Crippen molar-refractivity contribution >= 4 is 23.2 Å². The molecule has 0 heterocycles. The summed E-state index contributed by atoms with van der Waals surface area (Å²) in [6.07, 6.45) is -5.40. The Morgan fingerprint density at radius 2 is 2.06 bits per heavy atom. The van der Waals surface area contributed by atoms with Crippen molar-refractivity contribution in [2.24, 2.45) is 5.84 Å². The summed E-state index contributed by atoms with van der Waals surface area (Å²) in [6.45, 7) is -0.501. The molecule has 0 atom stereocenters. The molecule has 0 bridgehead atoms. The largest absolute Gasteiger partial charge is 0.390 e. The number of benzene rings is 1. The number of nitrogen functional groups attached to an aromatic ring is 1. The van der Waals surface area contributed by atoms with E-state index in [1.807, 2.05) is 0 Å². The predicted octanol–water partition coefficient (Wildman–Crippen LogP) is 2.31. The molecule has 0 radical (unpaired) electrons. The molecule has 1 amide bonds. The number of nitrogens with two attached hydrogens (primary N) is 1. The molecular weight excluding hydrogens is 271 g/mol. The first-order valence-electron chi connectivity index (χ1n) is 4.94. The second kappa shape index (κ2) is 5.92. The van der Waals surface area contributed by atoms with E-state index in [9.17, 15) is 18.0 Å². The summed E-state index contributed by atoms with van der Waals surface area (Å²) < 4.78 is 35.7. The molecule has 0 aliphatic rings. The average Bonchev–Trinajstić information content (AvgIpc) is 2.27. The predicted molar refractivity (Wildman–Crippen MR) is 62.3 cm³/mol. The fourth-order valence-corrected chi connectivity index (χ4v) is 1.42. The van der Waals surface area contributed by atoms with Crippen molar-refractivity contribution in [3.8, 4) is 0 Å². The molecule has 4 N–H and O–H groups in total. The summed E-state index contributed by atoms with van der Waals surface area (Å²) in [4.78, 5) is 11.6. The standard InChI is InChI=1S/C10H11ClF3N3O/c11-6-1-2-8(17-15)7(5-6)9(18)16-4-3-10(12,13)14/h1-2,5,17H,3-4,15H2,(H,16,18). The van der Waals surface area contributed by atoms with E-state index in [1.54, 1.807) is 0 Å². The van der Waals surface area contributed by atoms with E-state index in [1.165, 1.54) is 18.2 Å². The lowest BCUT2D eigenvalue weighted by molar-refractivity contribution is -0.132. The van der Waals surface area contributed by atoms with Crippen LogP contribution in [-0.4, -0.2) is 18.6 Å². The maximum Gasteiger partial charge on any atom is 0.390 e. The van der Waals surface area contributed by atoms with Crippen molar-refractivity contribution < 1.29 is 18.0 Å². The molecule has 18 heavy (non-hydrogen) atoms. The van der Waals surface area contributed by atoms with Gasteiger partial charge < -0.3 is 10.7 Å². The van der Waals surface area contributed by atoms with E-state index in [0.29, 0.717) is 0 Å². The number of amides is 1. The number of carbonyl (C=O) groups is 1. The maximum atomic E-state index is 11.9. The molecule has 100 valence electrons. The first-order valence-corrected chi connectivity index (χ1v) is 5.32. The normalized spacial score (nSPS) is 11.2. The molecule has 8 heteroatoms. The molecular formula is C10H11ClF3N3O. The third-order valence-electron chi connectivity index (χ3n) is 2.08. The number of nitrogens with one attached hydrogen (secondary N) is 2. The van der Waals surface area contributed by atoms with Gasteiger partial charge in [-0.15, -0.1) is 0 Å². The minimum absolute atomic E-state index is 0.0900. The Bertz CT molecular complexity index is 437. The Kier molecular flexibility index (Phi) is 4.80. The Morgan fingerprint density at radius 3 is 2.61 bits per heavy atom. The highest BCUT2D eigenvalue weighted by Gasteiger charge is 2.26. The van der Waals surface area contributed by atoms with Crippen LogP contribution in [0.3, 0.4) is 0 Å². The molecule has 0 unspecified atom stereocenters. The molecule has 0 spiro atoms. The molecule has 4 nitrogen and oxygen atoms in total. The van der Waals surface area contributed by atoms with Gasteiger partial charge in [0.1, 0.15) is 0 Å². The zero-order valence-corrected chi connectivity index (χ0v) is 9.90. The highest BCUT2D eigenvalue weighted by molar-refractivity contribution is 6.31. The molecule has 0 saturated heterocycles. The lowest BCUT2D eigenvalue weighted by atomic mass is 10.1. The van der Waals surface area contributed by atoms with Gasteiger partial charge in [-0.25, -0.2) is 0 Å². The fraction of sp³-hybridized carbons (Fsp3) is 0.300. The van der Waals surface area contributed by atoms with Crippen LogP contribution < -0.4 is 16.6 Å². The van der Waals surface area contributed by atoms with Gasteiger partial charge in [0.05, 0.1) is 17.7 Å². The van der Waals surface area contributed by atoms with E-state index < -0.39 is 25.0 Å². The van der Waals surface area contributed by atoms with Crippen LogP contribution in [0.2, 0.25) is 5.02 Å². The highest BCUT2D eigenvalue weighted by Crippen LogP contribution is 2.21. The zero-order chi connectivity index (χ0) is 13.8. The van der Waals surface area contributed by atoms with Crippen molar-refractivity contribution in [2.45, 2.75) is 12.6 Å². The number of anilines is 1. The van der Waals surface area contributed by atoms with Crippen LogP contribution in [0.1, 0.15) is 16.8 Å². The summed E-state index contributed by atoms with van der Waals surface area (Å²) in [5.41, 5.74) is 2.64. The van der Waals surface area contributed by atoms with Crippen molar-refractivity contribution in [1.29, 1.82) is 0 Å². The Hall–Kier alpha value is -1.47. The fourth-order valence-electron chi connectivity index (χ4n) is 1.24. The number of hydrazine groups is 1. The molecule has 0 saturated carbocycles. The van der Waals surface area contributed by atoms with Crippen LogP contribution in [0.25, 0.3) is 0 Å². The number of alkyl halides is 3. The monoisotopic (exact) mass is 281 g/mol. The van der Waals surface area contributed by atoms with E-state index in [4.69, 9.17) is 17.4 Å². The molecule has 1 aromatic rings. The number of rotatable bonds is 4. The molecule has 1 aromatic carbocycles. The number of carbonyl (C=O) groups excluding carboxylic acids is 1. The van der Waals surface area contributed by atoms with Crippen LogP contribution in [0.15, 0.2) is 18.2 Å². The van der Waals surface area contributed by atoms with E-state index in [0.717, 1.165) is 0 Å². The van der Waals surface area contributed by atoms with Gasteiger partial charge in [0.2, 0.25) is 0 Å². The second-order valence-electron chi connectivity index (χ2n) is 3.46. The van der Waals surface area contributed by atoms with Crippen molar-refractivity contribution in [3.05, 3.63) is 28.8 Å². The zero-order valence-electron chi connectivity index (χ0n) is 9.14. The minimum Gasteiger partial charge on any atom is -0.352 e. The van der Waals surface area contributed by atoms with E-state index >= 15 is 0 Å². The van der Waals surface area contributed by atoms with Gasteiger partial charge in [-0.3, -0.25) is 10.6 Å². The smallest absolute Gasteiger partial charge is 0.352 e. The van der Waals surface area contributed by atoms with Gasteiger partial charge >= 0.3 is 6.18 Å². The van der Waals surface area contributed by atoms with Crippen LogP contribution in [0, 0.1) is 0 Å². The summed E-state index contributed by atoms with van der Waals surface area (Å²) in [5, 5.41) is 2.43. The summed E-state index contributed by atoms with van der Waals surface area (Å²) in [6, 6.07) is 4.28. The van der Waals surface area contributed by atoms with Crippen molar-refractivity contribution in [3.63, 3.8) is 0 Å². The third kappa shape index (κ3) is 4.42. The Labute approximate surface area is 106 Å². The average molecular weight is 282 g/mol. The number of hydrogen-bond donors (Lipinski definition) is 3. The molecule has 0 aliphatic heterocycles. The van der Waals surface area contributed by atoms with E-state index in [-0.39, 0.29) is 16.3 Å². The quantitative estimate of drug-likeness (QED) is 0.586. The van der Waals surface area contributed by atoms with Gasteiger partial charge in [0.25, 0.3) is 5.91 Å². The first kappa shape index (κ1) is 14.6. The van der Waals surface area contributed by atoms with Gasteiger partial charge in [0.15, 0.2) is 0 Å². The third-order valence-corrected chi connectivity index (χ3v) is 2.31. The van der Waals surface area contributed by atoms with Crippen LogP contribution in [-0.2, 0) is 0 Å². The lowest BCUT2D eigenvalue weighted by Gasteiger charge is -2.11. The maximum absolute atomic E-state index is 11.9. The number of halogens is 4. The van der Waals surface area contributed by atoms with Gasteiger partial charge in [-0.2, -0.15) is 13.2 Å². The number of hydrogen-bond acceptors (Lipinski definition) is 3. The highest BCUT2D eigenvalue weighted by atomic mass is 35.5. The first-order chi connectivity index (χ1) is 8.33. The van der Waals surface area contributed by atoms with Crippen LogP contribution in [0.4, 0.5) is 18.9 Å². The lowest BCUT2D eigenvalue weighted by Crippen LogP contribution is -2.29. The Balaban J connectivity index is 2.69. The molecule has 0 aromatic heterocycles. The topological polar surface area (TPSA) is 67.1 Å². The minimum atomic E-state index is -4.31. The van der Waals surface area contributed by atoms with Gasteiger partial charge in [-0.05, 0) is 18.2 Å². The Morgan fingerprint density at radius 1 is 1.39 bits per heavy atom. The SMILES string of the molecule is NNc1ccc(Cl)cc1C(=O)NCCC(F)(F)F. The summed E-state index contributed by atoms with van der Waals surface area (Å²) >= 11 is 5.70. The second-order valence-corrected chi connectivity index (χ2v) is 3.89. The molecule has 0 aliphatic carbocycles. The van der Waals surface area contributed by atoms with Crippen molar-refractivity contribution in [1.82, 2.24) is 5.32 Å². The summed E-state index contributed by atoms with van der Waals surface area (Å²) in [5.74, 6) is 4.51. The van der Waals surface area contributed by atoms with E-state index in [2.05, 4.69) is 10.7 Å². The van der Waals surface area contributed by atoms with Gasteiger partial charge in [-0.1, -0.05) is 11.6 Å². The van der Waals surface area contributed by atoms with Crippen molar-refractivity contribution in [2.75, 3.05) is 12.0 Å². The molecule has 1 rings (SSSR count). The van der Waals surface area contributed by atoms with Gasteiger partial charge in [0, 0.05) is 11.6 Å². The summed E-state index contributed by atoms with van der Waals surface area (Å²) in [7, 11) is 0. The molecule has 0 fully saturated rings. The van der Waals surface area contributed by atoms with Crippen LogP contribution >= 0.6 is 11.6 Å². The van der Waals surface area contributed by atoms with Crippen LogP contribution in [0.5, 0.6) is 0 Å².